The highest BCUT2D eigenvalue weighted by Crippen LogP contribution is 2.25. The van der Waals surface area contributed by atoms with Crippen molar-refractivity contribution >= 4 is 0 Å². The van der Waals surface area contributed by atoms with E-state index in [1.54, 1.807) is 12.3 Å². The number of nitrogens with zero attached hydrogens (tertiary/aromatic N) is 2. The van der Waals surface area contributed by atoms with Crippen molar-refractivity contribution in [2.45, 2.75) is 0 Å². The third-order valence-electron chi connectivity index (χ3n) is 3.15. The molecule has 0 saturated heterocycles. The Morgan fingerprint density at radius 1 is 0.750 bits per heavy atom. The fourth-order valence-electron chi connectivity index (χ4n) is 2.15. The second-order valence-electron chi connectivity index (χ2n) is 4.49. The summed E-state index contributed by atoms with van der Waals surface area (Å²) in [6, 6.07) is 24.1. The van der Waals surface area contributed by atoms with Crippen LogP contribution < -0.4 is 0 Å². The molecule has 0 atom stereocenters. The van der Waals surface area contributed by atoms with E-state index in [4.69, 9.17) is 5.26 Å². The summed E-state index contributed by atoms with van der Waals surface area (Å²) in [6.45, 7) is 0. The van der Waals surface area contributed by atoms with Crippen molar-refractivity contribution in [3.63, 3.8) is 0 Å². The van der Waals surface area contributed by atoms with Gasteiger partial charge in [0.1, 0.15) is 0 Å². The molecule has 1 aromatic heterocycles. The fourth-order valence-corrected chi connectivity index (χ4v) is 2.15. The second-order valence-corrected chi connectivity index (χ2v) is 4.49. The van der Waals surface area contributed by atoms with Crippen LogP contribution in [0.3, 0.4) is 0 Å². The lowest BCUT2D eigenvalue weighted by Gasteiger charge is -2.05. The lowest BCUT2D eigenvalue weighted by molar-refractivity contribution is 1.31. The quantitative estimate of drug-likeness (QED) is 0.686. The molecular formula is C18H12N2. The van der Waals surface area contributed by atoms with E-state index in [-0.39, 0.29) is 0 Å². The maximum absolute atomic E-state index is 8.96. The first kappa shape index (κ1) is 12.1. The number of hydrogen-bond acceptors (Lipinski definition) is 2. The average molecular weight is 256 g/mol. The Morgan fingerprint density at radius 3 is 2.30 bits per heavy atom. The molecule has 0 aliphatic heterocycles. The van der Waals surface area contributed by atoms with Crippen LogP contribution in [0.2, 0.25) is 0 Å². The first-order chi connectivity index (χ1) is 9.86. The molecule has 0 aliphatic carbocycles. The van der Waals surface area contributed by atoms with Crippen LogP contribution in [0, 0.1) is 11.3 Å². The molecule has 0 spiro atoms. The summed E-state index contributed by atoms with van der Waals surface area (Å²) in [6.07, 6.45) is 1.67. The zero-order chi connectivity index (χ0) is 13.8. The predicted octanol–water partition coefficient (Wildman–Crippen LogP) is 4.29. The van der Waals surface area contributed by atoms with Gasteiger partial charge in [-0.15, -0.1) is 0 Å². The van der Waals surface area contributed by atoms with Gasteiger partial charge in [0.05, 0.1) is 17.3 Å². The molecule has 2 nitrogen and oxygen atoms in total. The van der Waals surface area contributed by atoms with Gasteiger partial charge in [-0.2, -0.15) is 5.26 Å². The van der Waals surface area contributed by atoms with Crippen molar-refractivity contribution in [1.29, 1.82) is 5.26 Å². The van der Waals surface area contributed by atoms with E-state index < -0.39 is 0 Å². The Hall–Kier alpha value is -2.92. The van der Waals surface area contributed by atoms with E-state index in [0.29, 0.717) is 5.56 Å². The molecule has 2 heteroatoms. The number of aromatic nitrogens is 1. The van der Waals surface area contributed by atoms with Crippen molar-refractivity contribution in [1.82, 2.24) is 4.98 Å². The Balaban J connectivity index is 2.06. The fraction of sp³-hybridized carbons (Fsp3) is 0. The van der Waals surface area contributed by atoms with Crippen LogP contribution in [-0.2, 0) is 0 Å². The van der Waals surface area contributed by atoms with Gasteiger partial charge in [-0.1, -0.05) is 48.5 Å². The Bertz CT molecular complexity index is 771. The van der Waals surface area contributed by atoms with Crippen LogP contribution in [0.15, 0.2) is 72.9 Å². The minimum Gasteiger partial charge on any atom is -0.256 e. The van der Waals surface area contributed by atoms with Crippen molar-refractivity contribution in [2.75, 3.05) is 0 Å². The van der Waals surface area contributed by atoms with Crippen molar-refractivity contribution < 1.29 is 0 Å². The van der Waals surface area contributed by atoms with Gasteiger partial charge < -0.3 is 0 Å². The van der Waals surface area contributed by atoms with Gasteiger partial charge in [0.2, 0.25) is 0 Å². The Kier molecular flexibility index (Phi) is 3.26. The smallest absolute Gasteiger partial charge is 0.0992 e. The van der Waals surface area contributed by atoms with Gasteiger partial charge >= 0.3 is 0 Å². The molecule has 0 unspecified atom stereocenters. The maximum Gasteiger partial charge on any atom is 0.0992 e. The van der Waals surface area contributed by atoms with E-state index in [1.807, 2.05) is 36.4 Å². The monoisotopic (exact) mass is 256 g/mol. The second kappa shape index (κ2) is 5.38. The molecule has 20 heavy (non-hydrogen) atoms. The molecule has 0 bridgehead atoms. The van der Waals surface area contributed by atoms with Gasteiger partial charge in [0, 0.05) is 11.8 Å². The van der Waals surface area contributed by atoms with E-state index in [9.17, 15) is 0 Å². The maximum atomic E-state index is 8.96. The zero-order valence-electron chi connectivity index (χ0n) is 10.8. The molecule has 2 aromatic carbocycles. The SMILES string of the molecule is N#Cc1ccnc(-c2cccc(-c3ccccc3)c2)c1. The van der Waals surface area contributed by atoms with E-state index >= 15 is 0 Å². The van der Waals surface area contributed by atoms with E-state index in [1.165, 1.54) is 5.56 Å². The van der Waals surface area contributed by atoms with Crippen LogP contribution in [0.1, 0.15) is 5.56 Å². The summed E-state index contributed by atoms with van der Waals surface area (Å²) in [7, 11) is 0. The molecule has 3 aromatic rings. The molecule has 3 rings (SSSR count). The van der Waals surface area contributed by atoms with Crippen LogP contribution in [0.5, 0.6) is 0 Å². The molecule has 1 heterocycles. The summed E-state index contributed by atoms with van der Waals surface area (Å²) < 4.78 is 0. The number of hydrogen-bond donors (Lipinski definition) is 0. The largest absolute Gasteiger partial charge is 0.256 e. The molecule has 0 fully saturated rings. The molecule has 0 aliphatic rings. The lowest BCUT2D eigenvalue weighted by atomic mass is 10.0. The molecular weight excluding hydrogens is 244 g/mol. The summed E-state index contributed by atoms with van der Waals surface area (Å²) in [4.78, 5) is 4.34. The predicted molar refractivity (Wildman–Crippen MR) is 79.8 cm³/mol. The van der Waals surface area contributed by atoms with Crippen LogP contribution >= 0.6 is 0 Å². The molecule has 0 amide bonds. The van der Waals surface area contributed by atoms with Crippen molar-refractivity contribution in [3.8, 4) is 28.5 Å². The van der Waals surface area contributed by atoms with Gasteiger partial charge in [-0.25, -0.2) is 0 Å². The average Bonchev–Trinajstić information content (AvgIpc) is 2.56. The first-order valence-electron chi connectivity index (χ1n) is 6.39. The van der Waals surface area contributed by atoms with Gasteiger partial charge in [0.15, 0.2) is 0 Å². The highest BCUT2D eigenvalue weighted by Gasteiger charge is 2.03. The third kappa shape index (κ3) is 2.43. The Labute approximate surface area is 118 Å². The van der Waals surface area contributed by atoms with Crippen LogP contribution in [0.4, 0.5) is 0 Å². The van der Waals surface area contributed by atoms with E-state index in [2.05, 4.69) is 35.3 Å². The molecule has 94 valence electrons. The molecule has 0 saturated carbocycles. The summed E-state index contributed by atoms with van der Waals surface area (Å²) >= 11 is 0. The van der Waals surface area contributed by atoms with Crippen LogP contribution in [-0.4, -0.2) is 4.98 Å². The normalized spacial score (nSPS) is 9.95. The van der Waals surface area contributed by atoms with Crippen LogP contribution in [0.25, 0.3) is 22.4 Å². The van der Waals surface area contributed by atoms with Gasteiger partial charge in [0.25, 0.3) is 0 Å². The number of nitriles is 1. The summed E-state index contributed by atoms with van der Waals surface area (Å²) in [5.74, 6) is 0. The van der Waals surface area contributed by atoms with Crippen molar-refractivity contribution in [2.24, 2.45) is 0 Å². The first-order valence-corrected chi connectivity index (χ1v) is 6.39. The van der Waals surface area contributed by atoms with Gasteiger partial charge in [-0.05, 0) is 29.3 Å². The Morgan fingerprint density at radius 2 is 1.50 bits per heavy atom. The van der Waals surface area contributed by atoms with Crippen molar-refractivity contribution in [3.05, 3.63) is 78.5 Å². The topological polar surface area (TPSA) is 36.7 Å². The minimum absolute atomic E-state index is 0.625. The highest BCUT2D eigenvalue weighted by atomic mass is 14.7. The summed E-state index contributed by atoms with van der Waals surface area (Å²) in [5.41, 5.74) is 4.78. The zero-order valence-corrected chi connectivity index (χ0v) is 10.8. The number of rotatable bonds is 2. The standard InChI is InChI=1S/C18H12N2/c19-13-14-9-10-20-18(11-14)17-8-4-7-16(12-17)15-5-2-1-3-6-15/h1-12H. The number of benzene rings is 2. The third-order valence-corrected chi connectivity index (χ3v) is 3.15. The van der Waals surface area contributed by atoms with Gasteiger partial charge in [-0.3, -0.25) is 4.98 Å². The minimum atomic E-state index is 0.625. The number of pyridine rings is 1. The van der Waals surface area contributed by atoms with E-state index in [0.717, 1.165) is 16.8 Å². The molecule has 0 radical (unpaired) electrons. The summed E-state index contributed by atoms with van der Waals surface area (Å²) in [5, 5.41) is 8.96. The molecule has 0 N–H and O–H groups in total. The lowest BCUT2D eigenvalue weighted by Crippen LogP contribution is -1.86. The highest BCUT2D eigenvalue weighted by molar-refractivity contribution is 5.71.